The van der Waals surface area contributed by atoms with Gasteiger partial charge in [-0.2, -0.15) is 0 Å². The van der Waals surface area contributed by atoms with E-state index in [9.17, 15) is 4.79 Å². The summed E-state index contributed by atoms with van der Waals surface area (Å²) >= 11 is 1.39. The maximum atomic E-state index is 12.3. The molecule has 0 aliphatic heterocycles. The van der Waals surface area contributed by atoms with Crippen LogP contribution in [0.4, 0.5) is 5.69 Å². The summed E-state index contributed by atoms with van der Waals surface area (Å²) in [6, 6.07) is 5.55. The zero-order valence-corrected chi connectivity index (χ0v) is 12.6. The number of carbonyl (C=O) groups is 1. The lowest BCUT2D eigenvalue weighted by molar-refractivity contribution is 0.0953. The molecule has 1 amide bonds. The number of carbonyl (C=O) groups excluding carboxylic acids is 1. The van der Waals surface area contributed by atoms with Crippen LogP contribution in [0.15, 0.2) is 28.9 Å². The molecular weight excluding hydrogens is 286 g/mol. The van der Waals surface area contributed by atoms with E-state index < -0.39 is 0 Å². The van der Waals surface area contributed by atoms with Gasteiger partial charge in [-0.25, -0.2) is 0 Å². The number of nitrogens with zero attached hydrogens (tertiary/aromatic N) is 1. The van der Waals surface area contributed by atoms with Crippen LogP contribution in [0.2, 0.25) is 0 Å². The number of hydrogen-bond donors (Lipinski definition) is 2. The Morgan fingerprint density at radius 2 is 2.29 bits per heavy atom. The minimum Gasteiger partial charge on any atom is -0.467 e. The first kappa shape index (κ1) is 13.6. The third-order valence-corrected chi connectivity index (χ3v) is 4.38. The molecule has 0 spiro atoms. The number of aromatic nitrogens is 1. The van der Waals surface area contributed by atoms with Crippen LogP contribution < -0.4 is 11.1 Å². The Morgan fingerprint density at radius 3 is 3.00 bits per heavy atom. The van der Waals surface area contributed by atoms with Gasteiger partial charge in [-0.3, -0.25) is 9.78 Å². The van der Waals surface area contributed by atoms with Crippen LogP contribution in [-0.2, 0) is 6.54 Å². The Kier molecular flexibility index (Phi) is 3.39. The molecule has 3 N–H and O–H groups in total. The smallest absolute Gasteiger partial charge is 0.263 e. The van der Waals surface area contributed by atoms with Crippen molar-refractivity contribution < 1.29 is 9.21 Å². The highest BCUT2D eigenvalue weighted by molar-refractivity contribution is 7.21. The third-order valence-electron chi connectivity index (χ3n) is 3.23. The molecule has 0 aromatic carbocycles. The average molecular weight is 301 g/mol. The van der Waals surface area contributed by atoms with Crippen LogP contribution in [0.5, 0.6) is 0 Å². The lowest BCUT2D eigenvalue weighted by atomic mass is 10.2. The second kappa shape index (κ2) is 5.21. The van der Waals surface area contributed by atoms with Crippen molar-refractivity contribution in [2.24, 2.45) is 0 Å². The van der Waals surface area contributed by atoms with Gasteiger partial charge in [0.2, 0.25) is 0 Å². The molecule has 108 valence electrons. The molecule has 0 aliphatic rings. The van der Waals surface area contributed by atoms with Crippen molar-refractivity contribution in [3.05, 3.63) is 46.5 Å². The highest BCUT2D eigenvalue weighted by Crippen LogP contribution is 2.35. The van der Waals surface area contributed by atoms with Crippen LogP contribution in [0.25, 0.3) is 10.1 Å². The van der Waals surface area contributed by atoms with Crippen LogP contribution in [-0.4, -0.2) is 10.9 Å². The summed E-state index contributed by atoms with van der Waals surface area (Å²) in [5.41, 5.74) is 8.39. The third kappa shape index (κ3) is 2.50. The van der Waals surface area contributed by atoms with Crippen LogP contribution >= 0.6 is 11.3 Å². The highest BCUT2D eigenvalue weighted by atomic mass is 32.1. The van der Waals surface area contributed by atoms with E-state index in [2.05, 4.69) is 10.3 Å². The summed E-state index contributed by atoms with van der Waals surface area (Å²) in [6.45, 7) is 4.18. The van der Waals surface area contributed by atoms with Crippen molar-refractivity contribution in [3.63, 3.8) is 0 Å². The largest absolute Gasteiger partial charge is 0.467 e. The lowest BCUT2D eigenvalue weighted by Crippen LogP contribution is -2.22. The topological polar surface area (TPSA) is 81.2 Å². The number of rotatable bonds is 3. The minimum atomic E-state index is -0.192. The van der Waals surface area contributed by atoms with Crippen molar-refractivity contribution in [2.75, 3.05) is 5.73 Å². The first-order valence-electron chi connectivity index (χ1n) is 6.53. The number of thiophene rings is 1. The number of hydrogen-bond acceptors (Lipinski definition) is 5. The second-order valence-corrected chi connectivity index (χ2v) is 5.88. The molecular formula is C15H15N3O2S. The van der Waals surface area contributed by atoms with Gasteiger partial charge in [0, 0.05) is 21.5 Å². The van der Waals surface area contributed by atoms with Crippen LogP contribution in [0.3, 0.4) is 0 Å². The lowest BCUT2D eigenvalue weighted by Gasteiger charge is -2.02. The van der Waals surface area contributed by atoms with E-state index in [4.69, 9.17) is 10.2 Å². The average Bonchev–Trinajstić information content (AvgIpc) is 3.04. The van der Waals surface area contributed by atoms with E-state index in [1.54, 1.807) is 12.3 Å². The van der Waals surface area contributed by atoms with Gasteiger partial charge in [-0.15, -0.1) is 11.3 Å². The number of nitrogen functional groups attached to an aromatic ring is 1. The maximum absolute atomic E-state index is 12.3. The molecule has 0 radical (unpaired) electrons. The van der Waals surface area contributed by atoms with E-state index in [1.807, 2.05) is 26.0 Å². The summed E-state index contributed by atoms with van der Waals surface area (Å²) in [5.74, 6) is 0.513. The summed E-state index contributed by atoms with van der Waals surface area (Å²) in [6.07, 6.45) is 1.58. The van der Waals surface area contributed by atoms with Gasteiger partial charge in [0.15, 0.2) is 0 Å². The fourth-order valence-electron chi connectivity index (χ4n) is 2.31. The van der Waals surface area contributed by atoms with Crippen molar-refractivity contribution in [3.8, 4) is 0 Å². The van der Waals surface area contributed by atoms with Gasteiger partial charge in [-0.05, 0) is 32.0 Å². The molecule has 3 rings (SSSR count). The maximum Gasteiger partial charge on any atom is 0.263 e. The van der Waals surface area contributed by atoms with Crippen molar-refractivity contribution in [1.82, 2.24) is 10.3 Å². The number of nitrogens with two attached hydrogens (primary N) is 1. The van der Waals surface area contributed by atoms with E-state index in [0.717, 1.165) is 21.5 Å². The Bertz CT molecular complexity index is 806. The molecule has 0 atom stereocenters. The van der Waals surface area contributed by atoms with E-state index in [1.165, 1.54) is 11.3 Å². The molecule has 3 heterocycles. The predicted molar refractivity (Wildman–Crippen MR) is 83.4 cm³/mol. The highest BCUT2D eigenvalue weighted by Gasteiger charge is 2.18. The zero-order chi connectivity index (χ0) is 15.0. The Hall–Kier alpha value is -2.34. The number of pyridine rings is 1. The van der Waals surface area contributed by atoms with Crippen molar-refractivity contribution in [2.45, 2.75) is 20.4 Å². The number of amides is 1. The Balaban J connectivity index is 1.91. The molecule has 0 bridgehead atoms. The number of fused-ring (bicyclic) bond motifs is 1. The fourth-order valence-corrected chi connectivity index (χ4v) is 3.49. The first-order chi connectivity index (χ1) is 10.1. The normalized spacial score (nSPS) is 11.0. The molecule has 5 nitrogen and oxygen atoms in total. The summed E-state index contributed by atoms with van der Waals surface area (Å²) in [5, 5.41) is 3.68. The standard InChI is InChI=1S/C15H15N3O2S/c1-8-6-11-12(9(2)18-8)13(16)14(21-11)15(19)17-7-10-4-3-5-20-10/h3-6H,7,16H2,1-2H3,(H,17,19). The van der Waals surface area contributed by atoms with Gasteiger partial charge in [0.1, 0.15) is 10.6 Å². The molecule has 3 aromatic rings. The van der Waals surface area contributed by atoms with Crippen molar-refractivity contribution >= 4 is 33.0 Å². The monoisotopic (exact) mass is 301 g/mol. The molecule has 3 aromatic heterocycles. The molecule has 0 fully saturated rings. The minimum absolute atomic E-state index is 0.192. The number of furan rings is 1. The molecule has 0 saturated heterocycles. The molecule has 0 saturated carbocycles. The van der Waals surface area contributed by atoms with Gasteiger partial charge in [-0.1, -0.05) is 0 Å². The summed E-state index contributed by atoms with van der Waals surface area (Å²) < 4.78 is 6.18. The number of anilines is 1. The van der Waals surface area contributed by atoms with Crippen LogP contribution in [0, 0.1) is 13.8 Å². The van der Waals surface area contributed by atoms with Gasteiger partial charge in [0.05, 0.1) is 18.5 Å². The fraction of sp³-hybridized carbons (Fsp3) is 0.200. The Labute approximate surface area is 125 Å². The van der Waals surface area contributed by atoms with Gasteiger partial charge < -0.3 is 15.5 Å². The molecule has 0 unspecified atom stereocenters. The van der Waals surface area contributed by atoms with Crippen molar-refractivity contribution in [1.29, 1.82) is 0 Å². The van der Waals surface area contributed by atoms with Crippen LogP contribution in [0.1, 0.15) is 26.8 Å². The number of aryl methyl sites for hydroxylation is 2. The molecule has 0 aliphatic carbocycles. The summed E-state index contributed by atoms with van der Waals surface area (Å²) in [4.78, 5) is 17.2. The van der Waals surface area contributed by atoms with E-state index >= 15 is 0 Å². The van der Waals surface area contributed by atoms with Gasteiger partial charge >= 0.3 is 0 Å². The number of nitrogens with one attached hydrogen (secondary N) is 1. The van der Waals surface area contributed by atoms with Gasteiger partial charge in [0.25, 0.3) is 5.91 Å². The quantitative estimate of drug-likeness (QED) is 0.779. The summed E-state index contributed by atoms with van der Waals surface area (Å²) in [7, 11) is 0. The molecule has 6 heteroatoms. The molecule has 21 heavy (non-hydrogen) atoms. The first-order valence-corrected chi connectivity index (χ1v) is 7.34. The second-order valence-electron chi connectivity index (χ2n) is 4.83. The SMILES string of the molecule is Cc1cc2sc(C(=O)NCc3ccco3)c(N)c2c(C)n1. The zero-order valence-electron chi connectivity index (χ0n) is 11.8. The Morgan fingerprint density at radius 1 is 1.48 bits per heavy atom. The predicted octanol–water partition coefficient (Wildman–Crippen LogP) is 3.02. The van der Waals surface area contributed by atoms with E-state index in [0.29, 0.717) is 22.9 Å². The van der Waals surface area contributed by atoms with E-state index in [-0.39, 0.29) is 5.91 Å².